The molecular formula is C21H31N5O3S. The van der Waals surface area contributed by atoms with Gasteiger partial charge in [0, 0.05) is 24.8 Å². The van der Waals surface area contributed by atoms with Crippen molar-refractivity contribution in [1.29, 1.82) is 0 Å². The first-order chi connectivity index (χ1) is 14.4. The summed E-state index contributed by atoms with van der Waals surface area (Å²) in [7, 11) is -3.57. The highest BCUT2D eigenvalue weighted by Crippen LogP contribution is 2.31. The average molecular weight is 434 g/mol. The van der Waals surface area contributed by atoms with Crippen LogP contribution in [0, 0.1) is 6.92 Å². The highest BCUT2D eigenvalue weighted by molar-refractivity contribution is 7.89. The van der Waals surface area contributed by atoms with Crippen molar-refractivity contribution < 1.29 is 13.2 Å². The van der Waals surface area contributed by atoms with Gasteiger partial charge in [0.2, 0.25) is 15.9 Å². The Morgan fingerprint density at radius 1 is 1.20 bits per heavy atom. The summed E-state index contributed by atoms with van der Waals surface area (Å²) >= 11 is 0. The van der Waals surface area contributed by atoms with Crippen LogP contribution in [0.2, 0.25) is 0 Å². The van der Waals surface area contributed by atoms with E-state index in [0.717, 1.165) is 12.8 Å². The third kappa shape index (κ3) is 4.84. The van der Waals surface area contributed by atoms with Gasteiger partial charge in [-0.15, -0.1) is 0 Å². The second-order valence-electron chi connectivity index (χ2n) is 7.57. The van der Waals surface area contributed by atoms with Crippen molar-refractivity contribution in [3.05, 3.63) is 36.0 Å². The Hall–Kier alpha value is -2.39. The van der Waals surface area contributed by atoms with Gasteiger partial charge in [0.05, 0.1) is 23.7 Å². The molecule has 0 radical (unpaired) electrons. The minimum absolute atomic E-state index is 0.0314. The van der Waals surface area contributed by atoms with Crippen LogP contribution in [0.15, 0.2) is 35.4 Å². The number of nitrogens with zero attached hydrogens (tertiary/aromatic N) is 3. The van der Waals surface area contributed by atoms with Gasteiger partial charge in [0.1, 0.15) is 5.82 Å². The maximum absolute atomic E-state index is 12.9. The third-order valence-corrected chi connectivity index (χ3v) is 7.76. The monoisotopic (exact) mass is 433 g/mol. The molecule has 30 heavy (non-hydrogen) atoms. The minimum Gasteiger partial charge on any atom is -0.376 e. The van der Waals surface area contributed by atoms with E-state index in [1.807, 2.05) is 18.5 Å². The lowest BCUT2D eigenvalue weighted by Crippen LogP contribution is -2.31. The molecule has 1 saturated carbocycles. The number of rotatable bonds is 9. The molecule has 1 aromatic carbocycles. The Morgan fingerprint density at radius 3 is 2.57 bits per heavy atom. The van der Waals surface area contributed by atoms with E-state index in [4.69, 9.17) is 0 Å². The molecule has 164 valence electrons. The topological polar surface area (TPSA) is 96.3 Å². The Bertz CT molecular complexity index is 976. The standard InChI is InChI=1S/C21H31N5O3S/c1-4-25(5-2)30(28,29)19-14-17(11-10-16(19)3)22-15-21(27)24-20-12-13-23-26(20)18-8-6-7-9-18/h10-14,18,22H,4-9,15H2,1-3H3,(H,24,27). The zero-order valence-electron chi connectivity index (χ0n) is 17.9. The molecule has 0 spiro atoms. The first kappa shape index (κ1) is 22.3. The molecule has 0 aliphatic heterocycles. The van der Waals surface area contributed by atoms with Crippen LogP contribution in [0.1, 0.15) is 51.1 Å². The number of sulfonamides is 1. The number of carbonyl (C=O) groups is 1. The molecule has 1 fully saturated rings. The number of hydrogen-bond donors (Lipinski definition) is 2. The molecule has 2 aromatic rings. The molecule has 1 aliphatic carbocycles. The summed E-state index contributed by atoms with van der Waals surface area (Å²) in [4.78, 5) is 12.7. The first-order valence-corrected chi connectivity index (χ1v) is 12.0. The summed E-state index contributed by atoms with van der Waals surface area (Å²) in [6, 6.07) is 7.28. The Kier molecular flexibility index (Phi) is 7.14. The van der Waals surface area contributed by atoms with Crippen molar-refractivity contribution in [1.82, 2.24) is 14.1 Å². The van der Waals surface area contributed by atoms with E-state index in [0.29, 0.717) is 36.2 Å². The van der Waals surface area contributed by atoms with Gasteiger partial charge < -0.3 is 10.6 Å². The Labute approximate surface area is 178 Å². The second-order valence-corrected chi connectivity index (χ2v) is 9.48. The fourth-order valence-electron chi connectivity index (χ4n) is 3.91. The molecular weight excluding hydrogens is 402 g/mol. The molecule has 1 heterocycles. The number of carbonyl (C=O) groups excluding carboxylic acids is 1. The number of benzene rings is 1. The highest BCUT2D eigenvalue weighted by Gasteiger charge is 2.24. The van der Waals surface area contributed by atoms with Crippen molar-refractivity contribution in [3.63, 3.8) is 0 Å². The predicted molar refractivity (Wildman–Crippen MR) is 118 cm³/mol. The fourth-order valence-corrected chi connectivity index (χ4v) is 5.62. The van der Waals surface area contributed by atoms with Gasteiger partial charge >= 0.3 is 0 Å². The smallest absolute Gasteiger partial charge is 0.244 e. The van der Waals surface area contributed by atoms with Gasteiger partial charge in [0.25, 0.3) is 0 Å². The number of anilines is 2. The van der Waals surface area contributed by atoms with Gasteiger partial charge in [-0.25, -0.2) is 13.1 Å². The average Bonchev–Trinajstić information content (AvgIpc) is 3.39. The first-order valence-electron chi connectivity index (χ1n) is 10.5. The van der Waals surface area contributed by atoms with Crippen LogP contribution in [0.25, 0.3) is 0 Å². The van der Waals surface area contributed by atoms with E-state index in [-0.39, 0.29) is 17.3 Å². The van der Waals surface area contributed by atoms with Gasteiger partial charge in [-0.3, -0.25) is 4.79 Å². The molecule has 0 unspecified atom stereocenters. The summed E-state index contributed by atoms with van der Waals surface area (Å²) in [6.45, 7) is 6.26. The van der Waals surface area contributed by atoms with Crippen molar-refractivity contribution in [2.45, 2.75) is 57.4 Å². The van der Waals surface area contributed by atoms with E-state index in [9.17, 15) is 13.2 Å². The Morgan fingerprint density at radius 2 is 1.90 bits per heavy atom. The van der Waals surface area contributed by atoms with Crippen LogP contribution >= 0.6 is 0 Å². The van der Waals surface area contributed by atoms with Crippen LogP contribution in [0.5, 0.6) is 0 Å². The molecule has 0 bridgehead atoms. The quantitative estimate of drug-likeness (QED) is 0.632. The maximum Gasteiger partial charge on any atom is 0.244 e. The highest BCUT2D eigenvalue weighted by atomic mass is 32.2. The summed E-state index contributed by atoms with van der Waals surface area (Å²) in [5.74, 6) is 0.492. The van der Waals surface area contributed by atoms with E-state index in [1.54, 1.807) is 37.4 Å². The summed E-state index contributed by atoms with van der Waals surface area (Å²) in [5.41, 5.74) is 1.27. The minimum atomic E-state index is -3.57. The molecule has 2 N–H and O–H groups in total. The van der Waals surface area contributed by atoms with Gasteiger partial charge in [0.15, 0.2) is 0 Å². The van der Waals surface area contributed by atoms with Gasteiger partial charge in [-0.05, 0) is 37.5 Å². The van der Waals surface area contributed by atoms with Crippen molar-refractivity contribution >= 4 is 27.4 Å². The molecule has 1 aliphatic rings. The number of aryl methyl sites for hydroxylation is 1. The number of hydrogen-bond acceptors (Lipinski definition) is 5. The summed E-state index contributed by atoms with van der Waals surface area (Å²) < 4.78 is 29.1. The largest absolute Gasteiger partial charge is 0.376 e. The SMILES string of the molecule is CCN(CC)S(=O)(=O)c1cc(NCC(=O)Nc2ccnn2C2CCCC2)ccc1C. The molecule has 3 rings (SSSR count). The van der Waals surface area contributed by atoms with Crippen LogP contribution in [-0.4, -0.2) is 48.0 Å². The zero-order valence-corrected chi connectivity index (χ0v) is 18.7. The van der Waals surface area contributed by atoms with Gasteiger partial charge in [-0.1, -0.05) is 32.8 Å². The van der Waals surface area contributed by atoms with Crippen LogP contribution in [0.4, 0.5) is 11.5 Å². The van der Waals surface area contributed by atoms with E-state index in [2.05, 4.69) is 15.7 Å². The lowest BCUT2D eigenvalue weighted by molar-refractivity contribution is -0.114. The van der Waals surface area contributed by atoms with Crippen LogP contribution in [-0.2, 0) is 14.8 Å². The second kappa shape index (κ2) is 9.61. The molecule has 1 amide bonds. The third-order valence-electron chi connectivity index (χ3n) is 5.57. The molecule has 8 nitrogen and oxygen atoms in total. The zero-order chi connectivity index (χ0) is 21.7. The summed E-state index contributed by atoms with van der Waals surface area (Å²) in [6.07, 6.45) is 6.23. The molecule has 0 atom stereocenters. The normalized spacial score (nSPS) is 14.9. The number of amides is 1. The fraction of sp³-hybridized carbons (Fsp3) is 0.524. The lowest BCUT2D eigenvalue weighted by atomic mass is 10.2. The van der Waals surface area contributed by atoms with E-state index < -0.39 is 10.0 Å². The Balaban J connectivity index is 1.66. The molecule has 9 heteroatoms. The van der Waals surface area contributed by atoms with Crippen molar-refractivity contribution in [2.24, 2.45) is 0 Å². The lowest BCUT2D eigenvalue weighted by Gasteiger charge is -2.20. The molecule has 0 saturated heterocycles. The van der Waals surface area contributed by atoms with E-state index in [1.165, 1.54) is 17.1 Å². The number of aromatic nitrogens is 2. The number of nitrogens with one attached hydrogen (secondary N) is 2. The van der Waals surface area contributed by atoms with Crippen molar-refractivity contribution in [2.75, 3.05) is 30.3 Å². The van der Waals surface area contributed by atoms with Crippen LogP contribution < -0.4 is 10.6 Å². The van der Waals surface area contributed by atoms with Crippen molar-refractivity contribution in [3.8, 4) is 0 Å². The van der Waals surface area contributed by atoms with Crippen LogP contribution in [0.3, 0.4) is 0 Å². The molecule has 1 aromatic heterocycles. The maximum atomic E-state index is 12.9. The predicted octanol–water partition coefficient (Wildman–Crippen LogP) is 3.39. The van der Waals surface area contributed by atoms with E-state index >= 15 is 0 Å². The summed E-state index contributed by atoms with van der Waals surface area (Å²) in [5, 5.41) is 10.3. The van der Waals surface area contributed by atoms with Gasteiger partial charge in [-0.2, -0.15) is 9.40 Å².